The largest absolute Gasteiger partial charge is 0.397 e. The molecular weight excluding hydrogens is 448 g/mol. The maximum absolute atomic E-state index is 13.3. The second kappa shape index (κ2) is 12.7. The van der Waals surface area contributed by atoms with E-state index in [-0.39, 0.29) is 17.9 Å². The molecular formula is C30H34N4O2. The molecule has 3 aromatic rings. The van der Waals surface area contributed by atoms with Gasteiger partial charge in [-0.15, -0.1) is 0 Å². The number of rotatable bonds is 9. The van der Waals surface area contributed by atoms with Crippen LogP contribution in [0.15, 0.2) is 84.9 Å². The second-order valence-electron chi connectivity index (χ2n) is 9.20. The highest BCUT2D eigenvalue weighted by molar-refractivity contribution is 6.03. The fraction of sp³-hybridized carbons (Fsp3) is 0.267. The topological polar surface area (TPSA) is 87.5 Å². The van der Waals surface area contributed by atoms with Crippen LogP contribution in [0.3, 0.4) is 0 Å². The van der Waals surface area contributed by atoms with Crippen molar-refractivity contribution in [3.63, 3.8) is 0 Å². The first-order valence-electron chi connectivity index (χ1n) is 12.6. The molecule has 0 aromatic heterocycles. The van der Waals surface area contributed by atoms with Crippen molar-refractivity contribution in [3.05, 3.63) is 102 Å². The Bertz CT molecular complexity index is 1170. The van der Waals surface area contributed by atoms with Crippen molar-refractivity contribution in [1.29, 1.82) is 0 Å². The van der Waals surface area contributed by atoms with Gasteiger partial charge < -0.3 is 11.1 Å². The Labute approximate surface area is 213 Å². The van der Waals surface area contributed by atoms with Crippen LogP contribution in [0.5, 0.6) is 0 Å². The summed E-state index contributed by atoms with van der Waals surface area (Å²) in [6.45, 7) is 0.628. The monoisotopic (exact) mass is 482 g/mol. The van der Waals surface area contributed by atoms with Gasteiger partial charge in [0.1, 0.15) is 0 Å². The van der Waals surface area contributed by atoms with Crippen LogP contribution in [0.25, 0.3) is 6.08 Å². The zero-order valence-electron chi connectivity index (χ0n) is 20.5. The molecule has 0 heterocycles. The fourth-order valence-electron chi connectivity index (χ4n) is 4.50. The number of benzene rings is 3. The van der Waals surface area contributed by atoms with Gasteiger partial charge >= 0.3 is 0 Å². The van der Waals surface area contributed by atoms with Crippen LogP contribution in [0.2, 0.25) is 0 Å². The smallest absolute Gasteiger partial charge is 0.248 e. The molecule has 1 aliphatic rings. The number of para-hydroxylation sites is 2. The van der Waals surface area contributed by atoms with Crippen molar-refractivity contribution < 1.29 is 9.59 Å². The van der Waals surface area contributed by atoms with Gasteiger partial charge in [0.05, 0.1) is 17.8 Å². The average Bonchev–Trinajstić information content (AvgIpc) is 2.91. The molecule has 6 heteroatoms. The van der Waals surface area contributed by atoms with E-state index in [1.165, 1.54) is 12.5 Å². The van der Waals surface area contributed by atoms with Gasteiger partial charge in [-0.05, 0) is 47.7 Å². The number of nitrogens with one attached hydrogen (secondary N) is 2. The van der Waals surface area contributed by atoms with Gasteiger partial charge in [0, 0.05) is 18.7 Å². The molecule has 0 bridgehead atoms. The van der Waals surface area contributed by atoms with Crippen LogP contribution >= 0.6 is 0 Å². The summed E-state index contributed by atoms with van der Waals surface area (Å²) in [4.78, 5) is 25.5. The minimum absolute atomic E-state index is 0.0842. The third-order valence-electron chi connectivity index (χ3n) is 6.49. The molecule has 0 unspecified atom stereocenters. The molecule has 186 valence electrons. The second-order valence-corrected chi connectivity index (χ2v) is 9.20. The zero-order valence-corrected chi connectivity index (χ0v) is 20.5. The Kier molecular flexibility index (Phi) is 8.89. The molecule has 0 atom stereocenters. The van der Waals surface area contributed by atoms with E-state index in [0.717, 1.165) is 42.4 Å². The predicted octanol–water partition coefficient (Wildman–Crippen LogP) is 5.33. The number of nitrogens with zero attached hydrogens (tertiary/aromatic N) is 1. The highest BCUT2D eigenvalue weighted by Crippen LogP contribution is 2.23. The summed E-state index contributed by atoms with van der Waals surface area (Å²) in [6.07, 6.45) is 9.18. The summed E-state index contributed by atoms with van der Waals surface area (Å²) in [7, 11) is 0. The van der Waals surface area contributed by atoms with Crippen LogP contribution in [-0.4, -0.2) is 22.9 Å². The lowest BCUT2D eigenvalue weighted by Crippen LogP contribution is -2.50. The molecule has 4 rings (SSSR count). The minimum Gasteiger partial charge on any atom is -0.397 e. The summed E-state index contributed by atoms with van der Waals surface area (Å²) in [5.74, 6) is -0.166. The molecule has 36 heavy (non-hydrogen) atoms. The molecule has 2 amide bonds. The first-order valence-corrected chi connectivity index (χ1v) is 12.6. The molecule has 4 N–H and O–H groups in total. The van der Waals surface area contributed by atoms with Crippen LogP contribution in [-0.2, 0) is 22.6 Å². The van der Waals surface area contributed by atoms with E-state index in [0.29, 0.717) is 24.3 Å². The van der Waals surface area contributed by atoms with E-state index >= 15 is 0 Å². The van der Waals surface area contributed by atoms with E-state index in [9.17, 15) is 9.59 Å². The number of amides is 2. The van der Waals surface area contributed by atoms with Crippen LogP contribution in [0.4, 0.5) is 11.4 Å². The van der Waals surface area contributed by atoms with Crippen molar-refractivity contribution in [2.75, 3.05) is 11.1 Å². The van der Waals surface area contributed by atoms with Crippen molar-refractivity contribution in [2.45, 2.75) is 51.1 Å². The van der Waals surface area contributed by atoms with Gasteiger partial charge in [-0.3, -0.25) is 14.6 Å². The van der Waals surface area contributed by atoms with Crippen molar-refractivity contribution in [1.82, 2.24) is 10.4 Å². The van der Waals surface area contributed by atoms with Gasteiger partial charge in [0.2, 0.25) is 11.8 Å². The Morgan fingerprint density at radius 1 is 0.861 bits per heavy atom. The summed E-state index contributed by atoms with van der Waals surface area (Å²) >= 11 is 0. The lowest BCUT2D eigenvalue weighted by Gasteiger charge is -2.34. The van der Waals surface area contributed by atoms with Gasteiger partial charge in [0.25, 0.3) is 0 Å². The summed E-state index contributed by atoms with van der Waals surface area (Å²) in [6, 6.07) is 25.3. The Morgan fingerprint density at radius 3 is 2.28 bits per heavy atom. The molecule has 0 saturated heterocycles. The van der Waals surface area contributed by atoms with Gasteiger partial charge in [-0.1, -0.05) is 86.0 Å². The molecule has 3 aromatic carbocycles. The van der Waals surface area contributed by atoms with Crippen LogP contribution in [0, 0.1) is 0 Å². The number of anilines is 2. The number of nitrogen functional groups attached to an aromatic ring is 1. The molecule has 1 aliphatic carbocycles. The Balaban J connectivity index is 1.35. The number of hydrogen-bond donors (Lipinski definition) is 3. The quantitative estimate of drug-likeness (QED) is 0.219. The van der Waals surface area contributed by atoms with Gasteiger partial charge in [-0.2, -0.15) is 0 Å². The molecule has 1 saturated carbocycles. The number of carbonyl (C=O) groups excluding carboxylic acids is 2. The Hall–Kier alpha value is -3.90. The first kappa shape index (κ1) is 25.2. The number of hydrazine groups is 1. The fourth-order valence-corrected chi connectivity index (χ4v) is 4.50. The first-order chi connectivity index (χ1) is 17.6. The maximum atomic E-state index is 13.3. The van der Waals surface area contributed by atoms with Crippen molar-refractivity contribution in [2.24, 2.45) is 0 Å². The third kappa shape index (κ3) is 7.30. The number of carbonyl (C=O) groups is 2. The summed E-state index contributed by atoms with van der Waals surface area (Å²) in [5, 5.41) is 4.65. The molecule has 0 aliphatic heterocycles. The Morgan fingerprint density at radius 2 is 1.56 bits per heavy atom. The summed E-state index contributed by atoms with van der Waals surface area (Å²) in [5.41, 5.74) is 13.4. The lowest BCUT2D eigenvalue weighted by atomic mass is 9.94. The molecule has 0 radical (unpaired) electrons. The number of hydrogen-bond acceptors (Lipinski definition) is 4. The highest BCUT2D eigenvalue weighted by atomic mass is 16.2. The van der Waals surface area contributed by atoms with E-state index < -0.39 is 0 Å². The predicted molar refractivity (Wildman–Crippen MR) is 146 cm³/mol. The van der Waals surface area contributed by atoms with Crippen molar-refractivity contribution >= 4 is 29.3 Å². The maximum Gasteiger partial charge on any atom is 0.248 e. The van der Waals surface area contributed by atoms with E-state index in [1.807, 2.05) is 59.6 Å². The van der Waals surface area contributed by atoms with Crippen LogP contribution in [0.1, 0.15) is 48.8 Å². The SMILES string of the molecule is Nc1ccccc1NC(=O)/C=C/c1ccc(CC(=O)N(NCc2ccccc2)C2CCCCC2)cc1. The van der Waals surface area contributed by atoms with Gasteiger partial charge in [-0.25, -0.2) is 5.43 Å². The highest BCUT2D eigenvalue weighted by Gasteiger charge is 2.25. The molecule has 6 nitrogen and oxygen atoms in total. The van der Waals surface area contributed by atoms with Crippen molar-refractivity contribution in [3.8, 4) is 0 Å². The average molecular weight is 483 g/mol. The lowest BCUT2D eigenvalue weighted by molar-refractivity contribution is -0.137. The normalized spacial score (nSPS) is 14.0. The third-order valence-corrected chi connectivity index (χ3v) is 6.49. The van der Waals surface area contributed by atoms with E-state index in [1.54, 1.807) is 18.2 Å². The van der Waals surface area contributed by atoms with E-state index in [2.05, 4.69) is 22.9 Å². The number of nitrogens with two attached hydrogens (primary N) is 1. The molecule has 0 spiro atoms. The zero-order chi connectivity index (χ0) is 25.2. The minimum atomic E-state index is -0.250. The van der Waals surface area contributed by atoms with Crippen LogP contribution < -0.4 is 16.5 Å². The standard InChI is InChI=1S/C30H34N4O2/c31-27-13-7-8-14-28(27)33-29(35)20-19-23-15-17-24(18-16-23)21-30(36)34(26-11-5-2-6-12-26)32-22-25-9-3-1-4-10-25/h1,3-4,7-10,13-20,26,32H,2,5-6,11-12,21-22,31H2,(H,33,35)/b20-19+. The van der Waals surface area contributed by atoms with E-state index in [4.69, 9.17) is 5.73 Å². The molecule has 1 fully saturated rings. The summed E-state index contributed by atoms with van der Waals surface area (Å²) < 4.78 is 0. The van der Waals surface area contributed by atoms with Gasteiger partial charge in [0.15, 0.2) is 0 Å².